The van der Waals surface area contributed by atoms with Crippen molar-refractivity contribution in [2.45, 2.75) is 116 Å². The molecule has 0 saturated carbocycles. The molecule has 0 N–H and O–H groups in total. The van der Waals surface area contributed by atoms with E-state index in [4.69, 9.17) is 17.7 Å². The first-order chi connectivity index (χ1) is 12.4. The fraction of sp³-hybridized carbons (Fsp3) is 0.950. The van der Waals surface area contributed by atoms with Gasteiger partial charge in [-0.15, -0.1) is 0 Å². The number of rotatable bonds is 6. The van der Waals surface area contributed by atoms with Crippen molar-refractivity contribution in [2.24, 2.45) is 0 Å². The highest BCUT2D eigenvalue weighted by molar-refractivity contribution is 6.83. The van der Waals surface area contributed by atoms with Crippen LogP contribution in [0.5, 0.6) is 0 Å². The standard InChI is InChI=1S/C20H40O5Si2/c1-13(2)26(14(3)4)22-12-20-19(11-18(23-20)10-17(9)21)24-27(25-26,15(5)6)16(7)8/h13-16,18-20H,10-12H2,1-9H3/t18-,19-,20+/m0/s1. The first-order valence-corrected chi connectivity index (χ1v) is 14.6. The lowest BCUT2D eigenvalue weighted by Gasteiger charge is -2.51. The second-order valence-corrected chi connectivity index (χ2v) is 18.4. The molecule has 0 aromatic heterocycles. The first-order valence-electron chi connectivity index (χ1n) is 10.6. The fourth-order valence-electron chi connectivity index (χ4n) is 4.69. The average Bonchev–Trinajstić information content (AvgIpc) is 2.86. The molecule has 0 aliphatic carbocycles. The van der Waals surface area contributed by atoms with Crippen molar-refractivity contribution < 1.29 is 22.5 Å². The molecule has 0 aromatic rings. The molecule has 2 aliphatic heterocycles. The van der Waals surface area contributed by atoms with Gasteiger partial charge in [-0.3, -0.25) is 4.79 Å². The summed E-state index contributed by atoms with van der Waals surface area (Å²) in [5, 5.41) is 0. The molecule has 0 spiro atoms. The molecule has 0 unspecified atom stereocenters. The average molecular weight is 417 g/mol. The van der Waals surface area contributed by atoms with Crippen LogP contribution in [0.2, 0.25) is 22.2 Å². The van der Waals surface area contributed by atoms with Crippen LogP contribution >= 0.6 is 0 Å². The van der Waals surface area contributed by atoms with E-state index in [1.165, 1.54) is 0 Å². The lowest BCUT2D eigenvalue weighted by Crippen LogP contribution is -2.65. The molecule has 0 aromatic carbocycles. The van der Waals surface area contributed by atoms with Gasteiger partial charge < -0.3 is 17.7 Å². The molecule has 3 atom stereocenters. The number of hydrogen-bond acceptors (Lipinski definition) is 5. The Balaban J connectivity index is 2.44. The molecule has 158 valence electrons. The zero-order chi connectivity index (χ0) is 20.6. The Hall–Kier alpha value is -0.0562. The topological polar surface area (TPSA) is 54.0 Å². The second kappa shape index (κ2) is 8.75. The van der Waals surface area contributed by atoms with Gasteiger partial charge >= 0.3 is 17.1 Å². The molecule has 2 saturated heterocycles. The predicted octanol–water partition coefficient (Wildman–Crippen LogP) is 5.08. The van der Waals surface area contributed by atoms with E-state index in [1.807, 2.05) is 0 Å². The highest BCUT2D eigenvalue weighted by Gasteiger charge is 2.59. The van der Waals surface area contributed by atoms with Crippen LogP contribution in [0.1, 0.15) is 75.2 Å². The SMILES string of the molecule is CC(=O)C[C@H]1C[C@@H]2O[Si](C(C)C)(C(C)C)O[Si](C(C)C)(C(C)C)OC[C@H]2O1. The van der Waals surface area contributed by atoms with Crippen molar-refractivity contribution >= 4 is 22.9 Å². The molecular formula is C20H40O5Si2. The number of carbonyl (C=O) groups is 1. The van der Waals surface area contributed by atoms with E-state index in [-0.39, 0.29) is 24.1 Å². The van der Waals surface area contributed by atoms with E-state index in [0.29, 0.717) is 35.2 Å². The minimum absolute atomic E-state index is 0.0443. The highest BCUT2D eigenvalue weighted by Crippen LogP contribution is 2.47. The first kappa shape index (κ1) is 23.2. The summed E-state index contributed by atoms with van der Waals surface area (Å²) in [6.07, 6.45) is 0.985. The van der Waals surface area contributed by atoms with Crippen molar-refractivity contribution in [3.8, 4) is 0 Å². The van der Waals surface area contributed by atoms with Gasteiger partial charge in [-0.25, -0.2) is 0 Å². The van der Waals surface area contributed by atoms with Gasteiger partial charge in [-0.05, 0) is 29.1 Å². The maximum absolute atomic E-state index is 11.6. The number of carbonyl (C=O) groups excluding carboxylic acids is 1. The highest BCUT2D eigenvalue weighted by atomic mass is 28.5. The van der Waals surface area contributed by atoms with Crippen LogP contribution in [0.3, 0.4) is 0 Å². The van der Waals surface area contributed by atoms with E-state index in [9.17, 15) is 4.79 Å². The predicted molar refractivity (Wildman–Crippen MR) is 112 cm³/mol. The molecule has 5 nitrogen and oxygen atoms in total. The normalized spacial score (nSPS) is 30.6. The Morgan fingerprint density at radius 1 is 0.889 bits per heavy atom. The fourth-order valence-corrected chi connectivity index (χ4v) is 15.9. The van der Waals surface area contributed by atoms with Crippen LogP contribution in [-0.4, -0.2) is 47.8 Å². The molecule has 27 heavy (non-hydrogen) atoms. The summed E-state index contributed by atoms with van der Waals surface area (Å²) >= 11 is 0. The second-order valence-electron chi connectivity index (χ2n) is 9.57. The molecule has 0 bridgehead atoms. The largest absolute Gasteiger partial charge is 0.414 e. The lowest BCUT2D eigenvalue weighted by atomic mass is 10.1. The van der Waals surface area contributed by atoms with Crippen LogP contribution in [0.4, 0.5) is 0 Å². The Morgan fingerprint density at radius 3 is 1.85 bits per heavy atom. The quantitative estimate of drug-likeness (QED) is 0.565. The zero-order valence-corrected chi connectivity index (χ0v) is 20.7. The molecule has 0 radical (unpaired) electrons. The van der Waals surface area contributed by atoms with Gasteiger partial charge in [0.05, 0.1) is 18.8 Å². The third-order valence-corrected chi connectivity index (χ3v) is 16.4. The molecule has 7 heteroatoms. The van der Waals surface area contributed by atoms with Gasteiger partial charge in [-0.2, -0.15) is 0 Å². The Bertz CT molecular complexity index is 505. The third kappa shape index (κ3) is 4.59. The van der Waals surface area contributed by atoms with Gasteiger partial charge in [0.25, 0.3) is 0 Å². The van der Waals surface area contributed by atoms with Crippen molar-refractivity contribution in [1.29, 1.82) is 0 Å². The zero-order valence-electron chi connectivity index (χ0n) is 18.7. The Morgan fingerprint density at radius 2 is 1.41 bits per heavy atom. The number of hydrogen-bond donors (Lipinski definition) is 0. The number of Topliss-reactive ketones (excluding diaryl/α,β-unsaturated/α-hetero) is 1. The smallest absolute Gasteiger partial charge is 0.335 e. The van der Waals surface area contributed by atoms with Crippen molar-refractivity contribution in [3.05, 3.63) is 0 Å². The van der Waals surface area contributed by atoms with E-state index in [1.54, 1.807) is 6.92 Å². The van der Waals surface area contributed by atoms with E-state index >= 15 is 0 Å². The van der Waals surface area contributed by atoms with Gasteiger partial charge in [-0.1, -0.05) is 55.4 Å². The van der Waals surface area contributed by atoms with Crippen molar-refractivity contribution in [3.63, 3.8) is 0 Å². The van der Waals surface area contributed by atoms with Gasteiger partial charge in [0, 0.05) is 12.8 Å². The number of fused-ring (bicyclic) bond motifs is 1. The Labute approximate surface area is 168 Å². The summed E-state index contributed by atoms with van der Waals surface area (Å²) in [5.41, 5.74) is 1.29. The molecule has 2 heterocycles. The van der Waals surface area contributed by atoms with Crippen LogP contribution in [0.25, 0.3) is 0 Å². The summed E-state index contributed by atoms with van der Waals surface area (Å²) in [7, 11) is -5.07. The molecular weight excluding hydrogens is 376 g/mol. The minimum Gasteiger partial charge on any atom is -0.414 e. The summed E-state index contributed by atoms with van der Waals surface area (Å²) in [5.74, 6) is 0.163. The van der Waals surface area contributed by atoms with Crippen LogP contribution in [0, 0.1) is 0 Å². The van der Waals surface area contributed by atoms with Crippen molar-refractivity contribution in [1.82, 2.24) is 0 Å². The van der Waals surface area contributed by atoms with Crippen LogP contribution < -0.4 is 0 Å². The van der Waals surface area contributed by atoms with E-state index in [2.05, 4.69) is 55.4 Å². The monoisotopic (exact) mass is 416 g/mol. The Kier molecular flexibility index (Phi) is 7.53. The van der Waals surface area contributed by atoms with Gasteiger partial charge in [0.15, 0.2) is 0 Å². The summed E-state index contributed by atoms with van der Waals surface area (Å²) in [4.78, 5) is 11.6. The van der Waals surface area contributed by atoms with Crippen LogP contribution in [-0.2, 0) is 22.5 Å². The maximum Gasteiger partial charge on any atom is 0.335 e. The lowest BCUT2D eigenvalue weighted by molar-refractivity contribution is -0.120. The van der Waals surface area contributed by atoms with Gasteiger partial charge in [0.2, 0.25) is 0 Å². The molecule has 0 amide bonds. The summed E-state index contributed by atoms with van der Waals surface area (Å²) < 4.78 is 27.0. The molecule has 2 rings (SSSR count). The molecule has 2 fully saturated rings. The van der Waals surface area contributed by atoms with Crippen molar-refractivity contribution in [2.75, 3.05) is 6.61 Å². The summed E-state index contributed by atoms with van der Waals surface area (Å²) in [6.45, 7) is 19.9. The molecule has 2 aliphatic rings. The minimum atomic E-state index is -2.56. The van der Waals surface area contributed by atoms with Crippen LogP contribution in [0.15, 0.2) is 0 Å². The number of ketones is 1. The van der Waals surface area contributed by atoms with Gasteiger partial charge in [0.1, 0.15) is 11.9 Å². The van der Waals surface area contributed by atoms with E-state index < -0.39 is 17.1 Å². The third-order valence-electron chi connectivity index (χ3n) is 6.14. The van der Waals surface area contributed by atoms with E-state index in [0.717, 1.165) is 6.42 Å². The number of ether oxygens (including phenoxy) is 1. The maximum atomic E-state index is 11.6. The summed E-state index contributed by atoms with van der Waals surface area (Å²) in [6, 6.07) is 0.